The van der Waals surface area contributed by atoms with E-state index in [0.29, 0.717) is 6.54 Å². The second kappa shape index (κ2) is 10.3. The SMILES string of the molecule is COc1ccc(OC)c([C@@H](C)NC(=O)C[NH2+][C@H](c2ccc(C)cc2)c2cccs2)c1. The maximum atomic E-state index is 12.7. The fourth-order valence-corrected chi connectivity index (χ4v) is 4.29. The van der Waals surface area contributed by atoms with Gasteiger partial charge in [0.2, 0.25) is 0 Å². The molecule has 0 saturated carbocycles. The lowest BCUT2D eigenvalue weighted by molar-refractivity contribution is -0.676. The van der Waals surface area contributed by atoms with Gasteiger partial charge in [-0.25, -0.2) is 0 Å². The zero-order chi connectivity index (χ0) is 21.5. The molecule has 0 fully saturated rings. The van der Waals surface area contributed by atoms with Crippen LogP contribution < -0.4 is 20.1 Å². The highest BCUT2D eigenvalue weighted by Crippen LogP contribution is 2.29. The lowest BCUT2D eigenvalue weighted by Gasteiger charge is -2.19. The van der Waals surface area contributed by atoms with Crippen LogP contribution in [0.1, 0.15) is 40.6 Å². The van der Waals surface area contributed by atoms with E-state index in [-0.39, 0.29) is 18.0 Å². The van der Waals surface area contributed by atoms with Crippen molar-refractivity contribution in [3.63, 3.8) is 0 Å². The molecule has 158 valence electrons. The molecular formula is C24H29N2O3S+. The van der Waals surface area contributed by atoms with Gasteiger partial charge in [-0.2, -0.15) is 0 Å². The third kappa shape index (κ3) is 5.40. The molecule has 3 rings (SSSR count). The number of carbonyl (C=O) groups is 1. The first-order chi connectivity index (χ1) is 14.5. The molecule has 6 heteroatoms. The molecule has 0 aliphatic heterocycles. The Hall–Kier alpha value is -2.83. The number of nitrogens with one attached hydrogen (secondary N) is 1. The maximum Gasteiger partial charge on any atom is 0.275 e. The van der Waals surface area contributed by atoms with E-state index in [2.05, 4.69) is 53.3 Å². The molecule has 0 spiro atoms. The monoisotopic (exact) mass is 425 g/mol. The van der Waals surface area contributed by atoms with Crippen molar-refractivity contribution in [3.8, 4) is 11.5 Å². The Morgan fingerprint density at radius 2 is 1.87 bits per heavy atom. The zero-order valence-electron chi connectivity index (χ0n) is 17.8. The van der Waals surface area contributed by atoms with E-state index < -0.39 is 0 Å². The molecule has 2 atom stereocenters. The number of carbonyl (C=O) groups excluding carboxylic acids is 1. The molecule has 3 N–H and O–H groups in total. The fraction of sp³-hybridized carbons (Fsp3) is 0.292. The molecule has 1 amide bonds. The summed E-state index contributed by atoms with van der Waals surface area (Å²) in [6.45, 7) is 4.36. The molecule has 0 radical (unpaired) electrons. The average Bonchev–Trinajstić information content (AvgIpc) is 3.29. The van der Waals surface area contributed by atoms with Gasteiger partial charge in [0.25, 0.3) is 5.91 Å². The number of amides is 1. The van der Waals surface area contributed by atoms with E-state index in [9.17, 15) is 4.79 Å². The number of hydrogen-bond donors (Lipinski definition) is 2. The van der Waals surface area contributed by atoms with Gasteiger partial charge in [-0.3, -0.25) is 4.79 Å². The summed E-state index contributed by atoms with van der Waals surface area (Å²) in [5.41, 5.74) is 3.30. The van der Waals surface area contributed by atoms with Crippen molar-refractivity contribution in [2.75, 3.05) is 20.8 Å². The fourth-order valence-electron chi connectivity index (χ4n) is 3.44. The van der Waals surface area contributed by atoms with E-state index in [4.69, 9.17) is 9.47 Å². The molecule has 5 nitrogen and oxygen atoms in total. The van der Waals surface area contributed by atoms with Crippen molar-refractivity contribution >= 4 is 17.2 Å². The van der Waals surface area contributed by atoms with Crippen LogP contribution in [0.25, 0.3) is 0 Å². The number of aryl methyl sites for hydroxylation is 1. The van der Waals surface area contributed by atoms with Crippen molar-refractivity contribution in [1.29, 1.82) is 0 Å². The number of quaternary nitrogens is 1. The molecule has 30 heavy (non-hydrogen) atoms. The molecule has 0 aliphatic rings. The minimum atomic E-state index is -0.199. The van der Waals surface area contributed by atoms with Crippen LogP contribution in [0.3, 0.4) is 0 Å². The second-order valence-corrected chi connectivity index (χ2v) is 8.22. The number of methoxy groups -OCH3 is 2. The minimum absolute atomic E-state index is 0.0268. The number of benzene rings is 2. The first-order valence-electron chi connectivity index (χ1n) is 9.96. The Kier molecular flexibility index (Phi) is 7.49. The normalized spacial score (nSPS) is 12.8. The summed E-state index contributed by atoms with van der Waals surface area (Å²) in [6, 6.07) is 18.2. The summed E-state index contributed by atoms with van der Waals surface area (Å²) in [5, 5.41) is 7.24. The number of ether oxygens (including phenoxy) is 2. The van der Waals surface area contributed by atoms with Crippen LogP contribution in [-0.4, -0.2) is 26.7 Å². The van der Waals surface area contributed by atoms with Crippen LogP contribution in [0.5, 0.6) is 11.5 Å². The predicted octanol–water partition coefficient (Wildman–Crippen LogP) is 3.60. The Bertz CT molecular complexity index is 955. The number of thiophene rings is 1. The summed E-state index contributed by atoms with van der Waals surface area (Å²) in [6.07, 6.45) is 0. The largest absolute Gasteiger partial charge is 0.497 e. The van der Waals surface area contributed by atoms with Crippen LogP contribution >= 0.6 is 11.3 Å². The Labute approximate surface area is 182 Å². The molecule has 0 bridgehead atoms. The van der Waals surface area contributed by atoms with Crippen LogP contribution in [0.4, 0.5) is 0 Å². The van der Waals surface area contributed by atoms with Crippen LogP contribution in [-0.2, 0) is 4.79 Å². The number of nitrogens with two attached hydrogens (primary N) is 1. The molecular weight excluding hydrogens is 396 g/mol. The minimum Gasteiger partial charge on any atom is -0.497 e. The molecule has 1 heterocycles. The third-order valence-corrected chi connectivity index (χ3v) is 6.06. The topological polar surface area (TPSA) is 64.2 Å². The van der Waals surface area contributed by atoms with Gasteiger partial charge in [0.05, 0.1) is 25.1 Å². The molecule has 0 unspecified atom stereocenters. The molecule has 0 aliphatic carbocycles. The van der Waals surface area contributed by atoms with Gasteiger partial charge in [-0.05, 0) is 43.5 Å². The summed E-state index contributed by atoms with van der Waals surface area (Å²) < 4.78 is 10.8. The van der Waals surface area contributed by atoms with Gasteiger partial charge in [-0.1, -0.05) is 35.9 Å². The summed E-state index contributed by atoms with van der Waals surface area (Å²) in [7, 11) is 3.25. The van der Waals surface area contributed by atoms with Crippen molar-refractivity contribution in [2.45, 2.75) is 25.9 Å². The van der Waals surface area contributed by atoms with Crippen molar-refractivity contribution in [1.82, 2.24) is 5.32 Å². The van der Waals surface area contributed by atoms with Crippen LogP contribution in [0, 0.1) is 6.92 Å². The van der Waals surface area contributed by atoms with Gasteiger partial charge in [0, 0.05) is 11.1 Å². The van der Waals surface area contributed by atoms with Gasteiger partial charge >= 0.3 is 0 Å². The van der Waals surface area contributed by atoms with Crippen LogP contribution in [0.15, 0.2) is 60.0 Å². The lowest BCUT2D eigenvalue weighted by atomic mass is 10.0. The molecule has 0 saturated heterocycles. The standard InChI is InChI=1S/C24H28N2O3S/c1-16-7-9-18(10-8-16)24(22-6-5-13-30-22)25-15-23(27)26-17(2)20-14-19(28-3)11-12-21(20)29-4/h5-14,17,24-25H,15H2,1-4H3,(H,26,27)/p+1/t17-,24-/m1/s1. The molecule has 1 aromatic heterocycles. The summed E-state index contributed by atoms with van der Waals surface area (Å²) >= 11 is 1.71. The first-order valence-corrected chi connectivity index (χ1v) is 10.8. The zero-order valence-corrected chi connectivity index (χ0v) is 18.7. The smallest absolute Gasteiger partial charge is 0.275 e. The van der Waals surface area contributed by atoms with E-state index in [1.165, 1.54) is 16.0 Å². The van der Waals surface area contributed by atoms with E-state index in [1.54, 1.807) is 25.6 Å². The van der Waals surface area contributed by atoms with Crippen molar-refractivity contribution in [2.24, 2.45) is 0 Å². The van der Waals surface area contributed by atoms with E-state index in [0.717, 1.165) is 17.1 Å². The molecule has 2 aromatic carbocycles. The lowest BCUT2D eigenvalue weighted by Crippen LogP contribution is -2.87. The highest BCUT2D eigenvalue weighted by atomic mass is 32.1. The average molecular weight is 426 g/mol. The number of rotatable bonds is 9. The van der Waals surface area contributed by atoms with Crippen molar-refractivity contribution < 1.29 is 19.6 Å². The predicted molar refractivity (Wildman–Crippen MR) is 120 cm³/mol. The highest BCUT2D eigenvalue weighted by molar-refractivity contribution is 7.10. The summed E-state index contributed by atoms with van der Waals surface area (Å²) in [5.74, 6) is 1.43. The first kappa shape index (κ1) is 21.9. The van der Waals surface area contributed by atoms with Gasteiger partial charge < -0.3 is 20.1 Å². The van der Waals surface area contributed by atoms with Gasteiger partial charge in [0.1, 0.15) is 17.5 Å². The molecule has 3 aromatic rings. The third-order valence-electron chi connectivity index (χ3n) is 5.11. The van der Waals surface area contributed by atoms with E-state index >= 15 is 0 Å². The van der Waals surface area contributed by atoms with Crippen molar-refractivity contribution in [3.05, 3.63) is 81.5 Å². The Morgan fingerprint density at radius 1 is 1.10 bits per heavy atom. The maximum absolute atomic E-state index is 12.7. The quantitative estimate of drug-likeness (QED) is 0.551. The van der Waals surface area contributed by atoms with Gasteiger partial charge in [-0.15, -0.1) is 11.3 Å². The second-order valence-electron chi connectivity index (χ2n) is 7.24. The number of hydrogen-bond acceptors (Lipinski definition) is 4. The Morgan fingerprint density at radius 3 is 2.50 bits per heavy atom. The summed E-state index contributed by atoms with van der Waals surface area (Å²) in [4.78, 5) is 14.0. The van der Waals surface area contributed by atoms with E-state index in [1.807, 2.05) is 31.2 Å². The Balaban J connectivity index is 1.68. The van der Waals surface area contributed by atoms with Crippen LogP contribution in [0.2, 0.25) is 0 Å². The van der Waals surface area contributed by atoms with Gasteiger partial charge in [0.15, 0.2) is 6.54 Å². The highest BCUT2D eigenvalue weighted by Gasteiger charge is 2.21.